The topological polar surface area (TPSA) is 55.1 Å². The van der Waals surface area contributed by atoms with Crippen molar-refractivity contribution in [1.82, 2.24) is 5.32 Å². The van der Waals surface area contributed by atoms with Gasteiger partial charge in [0.1, 0.15) is 0 Å². The molecule has 1 aliphatic carbocycles. The number of amides is 1. The van der Waals surface area contributed by atoms with Crippen molar-refractivity contribution in [3.05, 3.63) is 59.7 Å². The number of allylic oxidation sites excluding steroid dienone is 2. The van der Waals surface area contributed by atoms with Gasteiger partial charge in [0.25, 0.3) is 0 Å². The molecule has 0 bridgehead atoms. The Morgan fingerprint density at radius 3 is 2.48 bits per heavy atom. The van der Waals surface area contributed by atoms with E-state index in [9.17, 15) is 4.79 Å². The monoisotopic (exact) mass is 284 g/mol. The third kappa shape index (κ3) is 3.08. The molecule has 1 aromatic rings. The molecule has 0 heterocycles. The lowest BCUT2D eigenvalue weighted by atomic mass is 9.76. The number of hydrogen-bond donors (Lipinski definition) is 2. The van der Waals surface area contributed by atoms with Crippen LogP contribution < -0.4 is 11.1 Å². The van der Waals surface area contributed by atoms with Crippen LogP contribution in [-0.2, 0) is 10.3 Å². The molecule has 0 fully saturated rings. The summed E-state index contributed by atoms with van der Waals surface area (Å²) in [6, 6.07) is 9.64. The Morgan fingerprint density at radius 1 is 1.29 bits per heavy atom. The van der Waals surface area contributed by atoms with Crippen molar-refractivity contribution in [3.8, 4) is 0 Å². The molecule has 2 unspecified atom stereocenters. The summed E-state index contributed by atoms with van der Waals surface area (Å²) in [4.78, 5) is 12.8. The number of carbonyl (C=O) groups is 1. The van der Waals surface area contributed by atoms with E-state index < -0.39 is 11.0 Å². The Morgan fingerprint density at radius 2 is 1.90 bits per heavy atom. The predicted molar refractivity (Wildman–Crippen MR) is 86.6 cm³/mol. The van der Waals surface area contributed by atoms with Gasteiger partial charge in [-0.1, -0.05) is 54.1 Å². The van der Waals surface area contributed by atoms with Gasteiger partial charge in [-0.2, -0.15) is 0 Å². The summed E-state index contributed by atoms with van der Waals surface area (Å²) in [5.41, 5.74) is 7.18. The number of hydrogen-bond acceptors (Lipinski definition) is 2. The zero-order chi connectivity index (χ0) is 15.7. The third-order valence-corrected chi connectivity index (χ3v) is 4.24. The maximum atomic E-state index is 12.8. The van der Waals surface area contributed by atoms with E-state index in [1.807, 2.05) is 76.3 Å². The molecule has 0 aromatic heterocycles. The Balaban J connectivity index is 2.20. The Labute approximate surface area is 126 Å². The molecule has 1 aromatic carbocycles. The second-order valence-electron chi connectivity index (χ2n) is 6.50. The molecule has 0 aliphatic heterocycles. The van der Waals surface area contributed by atoms with E-state index >= 15 is 0 Å². The summed E-state index contributed by atoms with van der Waals surface area (Å²) < 4.78 is 0. The first-order valence-electron chi connectivity index (χ1n) is 7.27. The van der Waals surface area contributed by atoms with Crippen LogP contribution in [0.1, 0.15) is 33.3 Å². The molecule has 0 spiro atoms. The average molecular weight is 284 g/mol. The first-order valence-corrected chi connectivity index (χ1v) is 7.27. The Hall–Kier alpha value is -1.87. The minimum absolute atomic E-state index is 0.0520. The van der Waals surface area contributed by atoms with Crippen LogP contribution in [0.15, 0.2) is 54.1 Å². The van der Waals surface area contributed by atoms with Crippen molar-refractivity contribution in [2.45, 2.75) is 39.3 Å². The number of rotatable bonds is 3. The lowest BCUT2D eigenvalue weighted by Gasteiger charge is -2.36. The molecular formula is C18H24N2O. The van der Waals surface area contributed by atoms with E-state index in [0.717, 1.165) is 11.1 Å². The van der Waals surface area contributed by atoms with Gasteiger partial charge in [0.2, 0.25) is 5.91 Å². The van der Waals surface area contributed by atoms with Crippen LogP contribution in [0.25, 0.3) is 0 Å². The minimum atomic E-state index is -0.717. The normalized spacial score (nSPS) is 25.4. The van der Waals surface area contributed by atoms with Gasteiger partial charge in [-0.3, -0.25) is 4.79 Å². The molecule has 1 amide bonds. The second kappa shape index (κ2) is 5.49. The molecule has 0 saturated carbocycles. The van der Waals surface area contributed by atoms with Crippen LogP contribution in [-0.4, -0.2) is 11.9 Å². The minimum Gasteiger partial charge on any atom is -0.346 e. The highest BCUT2D eigenvalue weighted by atomic mass is 16.2. The summed E-state index contributed by atoms with van der Waals surface area (Å²) >= 11 is 0. The van der Waals surface area contributed by atoms with Crippen molar-refractivity contribution in [2.75, 3.05) is 0 Å². The SMILES string of the molecule is CC1=CC(N)C(C)(C(=O)NC(C)(C)c2ccccc2)C=C1. The highest BCUT2D eigenvalue weighted by Crippen LogP contribution is 2.31. The van der Waals surface area contributed by atoms with Crippen LogP contribution >= 0.6 is 0 Å². The van der Waals surface area contributed by atoms with Gasteiger partial charge in [-0.05, 0) is 33.3 Å². The molecule has 21 heavy (non-hydrogen) atoms. The molecule has 2 atom stereocenters. The van der Waals surface area contributed by atoms with Gasteiger partial charge >= 0.3 is 0 Å². The van der Waals surface area contributed by atoms with Crippen LogP contribution in [0.3, 0.4) is 0 Å². The summed E-state index contributed by atoms with van der Waals surface area (Å²) in [7, 11) is 0. The largest absolute Gasteiger partial charge is 0.346 e. The third-order valence-electron chi connectivity index (χ3n) is 4.24. The highest BCUT2D eigenvalue weighted by Gasteiger charge is 2.39. The van der Waals surface area contributed by atoms with Gasteiger partial charge in [-0.15, -0.1) is 0 Å². The van der Waals surface area contributed by atoms with E-state index in [0.29, 0.717) is 0 Å². The van der Waals surface area contributed by atoms with E-state index in [4.69, 9.17) is 5.73 Å². The smallest absolute Gasteiger partial charge is 0.232 e. The fraction of sp³-hybridized carbons (Fsp3) is 0.389. The highest BCUT2D eigenvalue weighted by molar-refractivity contribution is 5.86. The maximum absolute atomic E-state index is 12.8. The quantitative estimate of drug-likeness (QED) is 0.896. The van der Waals surface area contributed by atoms with Crippen LogP contribution in [0.2, 0.25) is 0 Å². The van der Waals surface area contributed by atoms with E-state index in [2.05, 4.69) is 5.32 Å². The van der Waals surface area contributed by atoms with Crippen molar-refractivity contribution in [3.63, 3.8) is 0 Å². The Bertz CT molecular complexity index is 586. The number of carbonyl (C=O) groups excluding carboxylic acids is 1. The van der Waals surface area contributed by atoms with E-state index in [1.165, 1.54) is 0 Å². The van der Waals surface area contributed by atoms with Crippen molar-refractivity contribution in [2.24, 2.45) is 11.1 Å². The predicted octanol–water partition coefficient (Wildman–Crippen LogP) is 2.89. The molecular weight excluding hydrogens is 260 g/mol. The molecule has 0 saturated heterocycles. The van der Waals surface area contributed by atoms with E-state index in [-0.39, 0.29) is 11.9 Å². The summed E-state index contributed by atoms with van der Waals surface area (Å²) in [6.45, 7) is 7.88. The van der Waals surface area contributed by atoms with Crippen LogP contribution in [0.5, 0.6) is 0 Å². The second-order valence-corrected chi connectivity index (χ2v) is 6.50. The number of nitrogens with one attached hydrogen (secondary N) is 1. The number of nitrogens with two attached hydrogens (primary N) is 1. The van der Waals surface area contributed by atoms with Crippen molar-refractivity contribution >= 4 is 5.91 Å². The zero-order valence-electron chi connectivity index (χ0n) is 13.2. The summed E-state index contributed by atoms with van der Waals surface area (Å²) in [5.74, 6) is -0.0520. The lowest BCUT2D eigenvalue weighted by molar-refractivity contribution is -0.130. The molecule has 112 valence electrons. The standard InChI is InChI=1S/C18H24N2O/c1-13-10-11-18(4,15(19)12-13)16(21)20-17(2,3)14-8-6-5-7-9-14/h5-12,15H,19H2,1-4H3,(H,20,21). The van der Waals surface area contributed by atoms with Crippen LogP contribution in [0, 0.1) is 5.41 Å². The summed E-state index contributed by atoms with van der Waals surface area (Å²) in [6.07, 6.45) is 5.80. The maximum Gasteiger partial charge on any atom is 0.232 e. The fourth-order valence-electron chi connectivity index (χ4n) is 2.50. The Kier molecular flexibility index (Phi) is 4.06. The first-order chi connectivity index (χ1) is 9.75. The fourth-order valence-corrected chi connectivity index (χ4v) is 2.50. The van der Waals surface area contributed by atoms with Crippen molar-refractivity contribution in [1.29, 1.82) is 0 Å². The lowest BCUT2D eigenvalue weighted by Crippen LogP contribution is -2.54. The van der Waals surface area contributed by atoms with Gasteiger partial charge in [0.15, 0.2) is 0 Å². The average Bonchev–Trinajstić information content (AvgIpc) is 2.44. The zero-order valence-corrected chi connectivity index (χ0v) is 13.2. The molecule has 2 rings (SSSR count). The molecule has 0 radical (unpaired) electrons. The molecule has 3 N–H and O–H groups in total. The van der Waals surface area contributed by atoms with E-state index in [1.54, 1.807) is 0 Å². The molecule has 3 nitrogen and oxygen atoms in total. The van der Waals surface area contributed by atoms with Gasteiger partial charge in [0, 0.05) is 6.04 Å². The number of benzene rings is 1. The first kappa shape index (κ1) is 15.5. The molecule has 1 aliphatic rings. The molecule has 3 heteroatoms. The summed E-state index contributed by atoms with van der Waals surface area (Å²) in [5, 5.41) is 3.13. The van der Waals surface area contributed by atoms with Gasteiger partial charge in [0.05, 0.1) is 11.0 Å². The van der Waals surface area contributed by atoms with Crippen LogP contribution in [0.4, 0.5) is 0 Å². The van der Waals surface area contributed by atoms with Gasteiger partial charge in [-0.25, -0.2) is 0 Å². The van der Waals surface area contributed by atoms with Gasteiger partial charge < -0.3 is 11.1 Å². The van der Waals surface area contributed by atoms with Crippen molar-refractivity contribution < 1.29 is 4.79 Å².